The van der Waals surface area contributed by atoms with Crippen LogP contribution in [0.4, 0.5) is 5.82 Å². The topological polar surface area (TPSA) is 189 Å². The van der Waals surface area contributed by atoms with E-state index in [1.165, 1.54) is 10.9 Å². The van der Waals surface area contributed by atoms with Crippen LogP contribution in [-0.2, 0) is 32.0 Å². The zero-order chi connectivity index (χ0) is 31.9. The van der Waals surface area contributed by atoms with Gasteiger partial charge in [0.25, 0.3) is 5.60 Å². The van der Waals surface area contributed by atoms with Crippen molar-refractivity contribution in [3.05, 3.63) is 82.4 Å². The van der Waals surface area contributed by atoms with E-state index in [1.54, 1.807) is 42.5 Å². The first kappa shape index (κ1) is 32.6. The molecule has 4 aromatic rings. The summed E-state index contributed by atoms with van der Waals surface area (Å²) in [5.41, 5.74) is -1.21. The van der Waals surface area contributed by atoms with Gasteiger partial charge in [-0.1, -0.05) is 66.1 Å². The number of hydrogen-bond acceptors (Lipinski definition) is 10. The number of carboxylic acids is 2. The molecular weight excluding hydrogens is 617 g/mol. The lowest BCUT2D eigenvalue weighted by molar-refractivity contribution is -0.195. The number of hydrogen-bond donors (Lipinski definition) is 5. The van der Waals surface area contributed by atoms with Crippen molar-refractivity contribution in [2.75, 3.05) is 18.5 Å². The number of anilines is 1. The number of carbonyl (C=O) groups is 2. The van der Waals surface area contributed by atoms with Crippen LogP contribution in [0, 0.1) is 12.3 Å². The van der Waals surface area contributed by atoms with E-state index in [-0.39, 0.29) is 28.8 Å². The Kier molecular flexibility index (Phi) is 10.7. The normalized spacial score (nSPS) is 13.6. The minimum absolute atomic E-state index is 0.0954. The van der Waals surface area contributed by atoms with E-state index in [4.69, 9.17) is 39.1 Å². The quantitative estimate of drug-likeness (QED) is 0.0724. The molecule has 0 aliphatic rings. The van der Waals surface area contributed by atoms with Gasteiger partial charge in [0, 0.05) is 18.0 Å². The number of nitrogens with one attached hydrogen (secondary N) is 1. The molecule has 0 aliphatic carbocycles. The number of nitrogens with zero attached hydrogens (tertiary/aromatic N) is 4. The predicted octanol–water partition coefficient (Wildman–Crippen LogP) is 2.78. The molecule has 2 aromatic carbocycles. The van der Waals surface area contributed by atoms with Gasteiger partial charge in [0.2, 0.25) is 5.28 Å². The van der Waals surface area contributed by atoms with E-state index in [0.717, 1.165) is 5.56 Å². The first-order valence-electron chi connectivity index (χ1n) is 13.0. The van der Waals surface area contributed by atoms with Crippen molar-refractivity contribution in [1.82, 2.24) is 19.5 Å². The first-order valence-corrected chi connectivity index (χ1v) is 13.8. The van der Waals surface area contributed by atoms with E-state index >= 15 is 0 Å². The maximum atomic E-state index is 12.2. The van der Waals surface area contributed by atoms with Crippen LogP contribution < -0.4 is 5.32 Å². The number of aliphatic hydroxyl groups is 2. The molecule has 0 saturated carbocycles. The third-order valence-electron chi connectivity index (χ3n) is 6.55. The van der Waals surface area contributed by atoms with E-state index in [2.05, 4.69) is 26.2 Å². The molecule has 0 spiro atoms. The van der Waals surface area contributed by atoms with Gasteiger partial charge in [-0.25, -0.2) is 14.6 Å². The van der Waals surface area contributed by atoms with E-state index in [1.807, 2.05) is 12.1 Å². The largest absolute Gasteiger partial charge is 0.479 e. The highest BCUT2D eigenvalue weighted by atomic mass is 35.5. The molecule has 2 heterocycles. The molecule has 5 N–H and O–H groups in total. The van der Waals surface area contributed by atoms with Crippen molar-refractivity contribution < 1.29 is 39.5 Å². The number of rotatable bonds is 15. The van der Waals surface area contributed by atoms with Crippen molar-refractivity contribution in [2.45, 2.75) is 37.0 Å². The van der Waals surface area contributed by atoms with Crippen LogP contribution in [0.3, 0.4) is 0 Å². The van der Waals surface area contributed by atoms with Crippen LogP contribution in [0.15, 0.2) is 60.9 Å². The Labute approximate surface area is 261 Å². The second-order valence-corrected chi connectivity index (χ2v) is 10.2. The van der Waals surface area contributed by atoms with E-state index in [0.29, 0.717) is 10.6 Å². The molecule has 0 unspecified atom stereocenters. The third kappa shape index (κ3) is 7.25. The molecule has 0 radical (unpaired) electrons. The SMILES string of the molecule is C#C[C@@H](O)[C@@H](O[C@@H](CO)COC(Cc1ccccc1)(C(=O)O)C(=O)O)n1cnc2c(NCc3ccccc3Cl)nc(Cl)nc21. The monoisotopic (exact) mass is 643 g/mol. The van der Waals surface area contributed by atoms with Crippen LogP contribution in [0.5, 0.6) is 0 Å². The van der Waals surface area contributed by atoms with E-state index < -0.39 is 55.6 Å². The molecule has 44 heavy (non-hydrogen) atoms. The zero-order valence-corrected chi connectivity index (χ0v) is 24.4. The van der Waals surface area contributed by atoms with Crippen molar-refractivity contribution in [3.63, 3.8) is 0 Å². The fourth-order valence-electron chi connectivity index (χ4n) is 4.26. The average Bonchev–Trinajstić information content (AvgIpc) is 3.43. The molecule has 13 nitrogen and oxygen atoms in total. The molecule has 0 bridgehead atoms. The van der Waals surface area contributed by atoms with Gasteiger partial charge in [0.15, 0.2) is 29.3 Å². The standard InChI is InChI=1S/C29H27Cl2N5O8/c1-2-21(38)25(44-19(14-37)15-43-29(26(39)40,27(41)42)12-17-8-4-3-5-9-17)36-16-33-22-23(34-28(31)35-24(22)36)32-13-18-10-6-7-11-20(18)30/h1,3-11,16,19,21,25,37-38H,12-15H2,(H,39,40)(H,41,42)(H,32,34,35)/t19-,21+,25+/m0/s1. The number of imidazole rings is 1. The summed E-state index contributed by atoms with van der Waals surface area (Å²) in [7, 11) is 0. The minimum Gasteiger partial charge on any atom is -0.479 e. The van der Waals surface area contributed by atoms with Crippen LogP contribution >= 0.6 is 23.2 Å². The second-order valence-electron chi connectivity index (χ2n) is 9.46. The Hall–Kier alpha value is -4.29. The van der Waals surface area contributed by atoms with Crippen LogP contribution in [0.1, 0.15) is 17.4 Å². The van der Waals surface area contributed by atoms with Crippen LogP contribution in [0.2, 0.25) is 10.3 Å². The van der Waals surface area contributed by atoms with Gasteiger partial charge in [-0.2, -0.15) is 9.97 Å². The number of terminal acetylenes is 1. The van der Waals surface area contributed by atoms with Crippen molar-refractivity contribution in [3.8, 4) is 12.3 Å². The Morgan fingerprint density at radius 3 is 2.39 bits per heavy atom. The smallest absolute Gasteiger partial charge is 0.348 e. The molecule has 4 rings (SSSR count). The lowest BCUT2D eigenvalue weighted by Crippen LogP contribution is -2.52. The number of aromatic nitrogens is 4. The molecule has 2 aromatic heterocycles. The number of carboxylic acid groups (broad SMARTS) is 2. The van der Waals surface area contributed by atoms with Gasteiger partial charge in [-0.3, -0.25) is 4.57 Å². The molecule has 0 fully saturated rings. The summed E-state index contributed by atoms with van der Waals surface area (Å²) in [5.74, 6) is -1.14. The summed E-state index contributed by atoms with van der Waals surface area (Å²) < 4.78 is 12.6. The Balaban J connectivity index is 1.60. The zero-order valence-electron chi connectivity index (χ0n) is 22.9. The number of aliphatic carboxylic acids is 2. The Bertz CT molecular complexity index is 1650. The van der Waals surface area contributed by atoms with E-state index in [9.17, 15) is 30.0 Å². The van der Waals surface area contributed by atoms with Crippen molar-refractivity contribution in [2.24, 2.45) is 0 Å². The highest BCUT2D eigenvalue weighted by Gasteiger charge is 2.49. The lowest BCUT2D eigenvalue weighted by Gasteiger charge is -2.30. The summed E-state index contributed by atoms with van der Waals surface area (Å²) in [6.07, 6.45) is 1.78. The summed E-state index contributed by atoms with van der Waals surface area (Å²) in [4.78, 5) is 37.1. The van der Waals surface area contributed by atoms with Gasteiger partial charge in [0.1, 0.15) is 6.10 Å². The first-order chi connectivity index (χ1) is 21.1. The molecule has 230 valence electrons. The number of halogens is 2. The van der Waals surface area contributed by atoms with Gasteiger partial charge >= 0.3 is 11.9 Å². The highest BCUT2D eigenvalue weighted by molar-refractivity contribution is 6.31. The molecule has 15 heteroatoms. The fraction of sp³-hybridized carbons (Fsp3) is 0.276. The fourth-order valence-corrected chi connectivity index (χ4v) is 4.63. The molecule has 0 saturated heterocycles. The Morgan fingerprint density at radius 1 is 1.07 bits per heavy atom. The van der Waals surface area contributed by atoms with Crippen LogP contribution in [-0.4, -0.2) is 82.9 Å². The van der Waals surface area contributed by atoms with Gasteiger partial charge in [0.05, 0.1) is 19.5 Å². The molecule has 3 atom stereocenters. The molecule has 0 amide bonds. The summed E-state index contributed by atoms with van der Waals surface area (Å²) in [6, 6.07) is 15.2. The predicted molar refractivity (Wildman–Crippen MR) is 159 cm³/mol. The van der Waals surface area contributed by atoms with Gasteiger partial charge in [-0.05, 0) is 28.8 Å². The molecular formula is C29H27Cl2N5O8. The van der Waals surface area contributed by atoms with Crippen LogP contribution in [0.25, 0.3) is 11.2 Å². The second kappa shape index (κ2) is 14.5. The van der Waals surface area contributed by atoms with Crippen molar-refractivity contribution >= 4 is 52.1 Å². The average molecular weight is 644 g/mol. The Morgan fingerprint density at radius 2 is 1.75 bits per heavy atom. The number of ether oxygens (including phenoxy) is 2. The number of fused-ring (bicyclic) bond motifs is 1. The van der Waals surface area contributed by atoms with Gasteiger partial charge < -0.3 is 35.2 Å². The third-order valence-corrected chi connectivity index (χ3v) is 7.09. The molecule has 0 aliphatic heterocycles. The van der Waals surface area contributed by atoms with Gasteiger partial charge in [-0.15, -0.1) is 6.42 Å². The summed E-state index contributed by atoms with van der Waals surface area (Å²) in [5, 5.41) is 44.0. The maximum Gasteiger partial charge on any atom is 0.348 e. The number of aliphatic hydroxyl groups excluding tert-OH is 2. The van der Waals surface area contributed by atoms with Crippen molar-refractivity contribution in [1.29, 1.82) is 0 Å². The highest BCUT2D eigenvalue weighted by Crippen LogP contribution is 2.28. The number of benzene rings is 2. The summed E-state index contributed by atoms with van der Waals surface area (Å²) >= 11 is 12.4. The minimum atomic E-state index is -2.71. The lowest BCUT2D eigenvalue weighted by atomic mass is 9.94. The summed E-state index contributed by atoms with van der Waals surface area (Å²) in [6.45, 7) is -1.20. The maximum absolute atomic E-state index is 12.2.